The maximum Gasteiger partial charge on any atom is 0.282 e. The summed E-state index contributed by atoms with van der Waals surface area (Å²) in [6.07, 6.45) is -3.79. The van der Waals surface area contributed by atoms with Crippen LogP contribution in [0.1, 0.15) is 22.6 Å². The summed E-state index contributed by atoms with van der Waals surface area (Å²) in [5, 5.41) is 13.6. The summed E-state index contributed by atoms with van der Waals surface area (Å²) in [6.45, 7) is -0.0239. The molecular weight excluding hydrogens is 346 g/mol. The van der Waals surface area contributed by atoms with E-state index in [-0.39, 0.29) is 24.5 Å². The van der Waals surface area contributed by atoms with Crippen molar-refractivity contribution >= 4 is 15.9 Å². The van der Waals surface area contributed by atoms with Crippen LogP contribution in [0.3, 0.4) is 0 Å². The van der Waals surface area contributed by atoms with Gasteiger partial charge in [-0.1, -0.05) is 0 Å². The SMILES string of the molecule is CN(C)S(=O)(=O)C[C@@H]1CN(C(=O)c2cc(C(F)F)nn2C)C[C@H]1O. The summed E-state index contributed by atoms with van der Waals surface area (Å²) in [5.74, 6) is -1.50. The molecule has 0 bridgehead atoms. The van der Waals surface area contributed by atoms with E-state index in [9.17, 15) is 27.1 Å². The molecule has 1 saturated heterocycles. The molecule has 2 atom stereocenters. The fourth-order valence-corrected chi connectivity index (χ4v) is 3.73. The Morgan fingerprint density at radius 3 is 2.58 bits per heavy atom. The molecule has 8 nitrogen and oxygen atoms in total. The van der Waals surface area contributed by atoms with E-state index >= 15 is 0 Å². The lowest BCUT2D eigenvalue weighted by Gasteiger charge is -2.18. The van der Waals surface area contributed by atoms with E-state index in [1.54, 1.807) is 0 Å². The lowest BCUT2D eigenvalue weighted by atomic mass is 10.1. The van der Waals surface area contributed by atoms with Crippen LogP contribution >= 0.6 is 0 Å². The van der Waals surface area contributed by atoms with Crippen molar-refractivity contribution in [1.29, 1.82) is 0 Å². The molecular formula is C13H20F2N4O4S. The minimum absolute atomic E-state index is 0.0300. The standard InChI is InChI=1S/C13H20F2N4O4S/c1-17(2)24(22,23)7-8-5-19(6-11(8)20)13(21)10-4-9(12(14)15)16-18(10)3/h4,8,11-12,20H,5-7H2,1-3H3/t8-,11+/m0/s1. The van der Waals surface area contributed by atoms with Crippen molar-refractivity contribution in [3.63, 3.8) is 0 Å². The molecule has 1 amide bonds. The first-order chi connectivity index (χ1) is 11.0. The van der Waals surface area contributed by atoms with Crippen LogP contribution < -0.4 is 0 Å². The quantitative estimate of drug-likeness (QED) is 0.771. The molecule has 0 unspecified atom stereocenters. The van der Waals surface area contributed by atoms with Crippen molar-refractivity contribution in [3.8, 4) is 0 Å². The predicted octanol–water partition coefficient (Wildman–Crippen LogP) is -0.318. The van der Waals surface area contributed by atoms with E-state index in [0.29, 0.717) is 0 Å². The van der Waals surface area contributed by atoms with Crippen molar-refractivity contribution in [2.24, 2.45) is 13.0 Å². The Kier molecular flexibility index (Phi) is 5.25. The molecule has 0 aliphatic carbocycles. The number of hydrogen-bond donors (Lipinski definition) is 1. The van der Waals surface area contributed by atoms with Crippen LogP contribution in [-0.2, 0) is 17.1 Å². The fourth-order valence-electron chi connectivity index (χ4n) is 2.56. The van der Waals surface area contributed by atoms with E-state index in [1.807, 2.05) is 0 Å². The molecule has 11 heteroatoms. The van der Waals surface area contributed by atoms with Crippen molar-refractivity contribution < 1.29 is 27.1 Å². The minimum Gasteiger partial charge on any atom is -0.391 e. The van der Waals surface area contributed by atoms with Gasteiger partial charge in [-0.25, -0.2) is 21.5 Å². The zero-order valence-electron chi connectivity index (χ0n) is 13.6. The summed E-state index contributed by atoms with van der Waals surface area (Å²) in [7, 11) is 0.630. The fraction of sp³-hybridized carbons (Fsp3) is 0.692. The van der Waals surface area contributed by atoms with E-state index in [2.05, 4.69) is 5.10 Å². The van der Waals surface area contributed by atoms with Gasteiger partial charge >= 0.3 is 0 Å². The van der Waals surface area contributed by atoms with Gasteiger partial charge < -0.3 is 10.0 Å². The number of sulfonamides is 1. The number of aryl methyl sites for hydroxylation is 1. The smallest absolute Gasteiger partial charge is 0.282 e. The van der Waals surface area contributed by atoms with Crippen molar-refractivity contribution in [2.75, 3.05) is 32.9 Å². The summed E-state index contributed by atoms with van der Waals surface area (Å²) in [4.78, 5) is 13.7. The maximum absolute atomic E-state index is 12.7. The molecule has 136 valence electrons. The van der Waals surface area contributed by atoms with Gasteiger partial charge in [0.15, 0.2) is 0 Å². The average Bonchev–Trinajstić information content (AvgIpc) is 3.02. The van der Waals surface area contributed by atoms with Crippen molar-refractivity contribution in [2.45, 2.75) is 12.5 Å². The highest BCUT2D eigenvalue weighted by Gasteiger charge is 2.38. The van der Waals surface area contributed by atoms with Gasteiger partial charge in [-0.2, -0.15) is 5.10 Å². The zero-order valence-corrected chi connectivity index (χ0v) is 14.4. The molecule has 2 rings (SSSR count). The number of rotatable bonds is 5. The first-order valence-corrected chi connectivity index (χ1v) is 8.83. The maximum atomic E-state index is 12.7. The summed E-state index contributed by atoms with van der Waals surface area (Å²) in [6, 6.07) is 1.00. The monoisotopic (exact) mass is 366 g/mol. The lowest BCUT2D eigenvalue weighted by Crippen LogP contribution is -2.34. The second-order valence-electron chi connectivity index (χ2n) is 5.98. The highest BCUT2D eigenvalue weighted by atomic mass is 32.2. The molecule has 0 spiro atoms. The number of hydrogen-bond acceptors (Lipinski definition) is 5. The van der Waals surface area contributed by atoms with E-state index in [4.69, 9.17) is 0 Å². The van der Waals surface area contributed by atoms with Gasteiger partial charge in [0.05, 0.1) is 11.9 Å². The molecule has 1 aromatic rings. The number of amides is 1. The van der Waals surface area contributed by atoms with Gasteiger partial charge in [-0.3, -0.25) is 9.48 Å². The van der Waals surface area contributed by atoms with Crippen LogP contribution in [0.25, 0.3) is 0 Å². The first-order valence-electron chi connectivity index (χ1n) is 7.22. The molecule has 1 aliphatic rings. The largest absolute Gasteiger partial charge is 0.391 e. The van der Waals surface area contributed by atoms with Gasteiger partial charge in [0.1, 0.15) is 11.4 Å². The van der Waals surface area contributed by atoms with Crippen LogP contribution in [0.2, 0.25) is 0 Å². The number of carbonyl (C=O) groups is 1. The third-order valence-electron chi connectivity index (χ3n) is 4.02. The predicted molar refractivity (Wildman–Crippen MR) is 81.0 cm³/mol. The van der Waals surface area contributed by atoms with Gasteiger partial charge in [-0.05, 0) is 6.07 Å². The third-order valence-corrected chi connectivity index (χ3v) is 5.98. The topological polar surface area (TPSA) is 95.7 Å². The van der Waals surface area contributed by atoms with Crippen LogP contribution in [0.15, 0.2) is 6.07 Å². The number of aliphatic hydroxyl groups is 1. The summed E-state index contributed by atoms with van der Waals surface area (Å²) >= 11 is 0. The van der Waals surface area contributed by atoms with Crippen LogP contribution in [0.4, 0.5) is 8.78 Å². The molecule has 1 aromatic heterocycles. The van der Waals surface area contributed by atoms with Gasteiger partial charge in [0.25, 0.3) is 12.3 Å². The molecule has 24 heavy (non-hydrogen) atoms. The van der Waals surface area contributed by atoms with Gasteiger partial charge in [0, 0.05) is 40.2 Å². The number of likely N-dealkylation sites (tertiary alicyclic amines) is 1. The zero-order chi connectivity index (χ0) is 18.2. The van der Waals surface area contributed by atoms with E-state index in [1.165, 1.54) is 26.0 Å². The Morgan fingerprint density at radius 2 is 2.08 bits per heavy atom. The summed E-state index contributed by atoms with van der Waals surface area (Å²) in [5.41, 5.74) is -0.541. The number of aromatic nitrogens is 2. The van der Waals surface area contributed by atoms with Crippen molar-refractivity contribution in [3.05, 3.63) is 17.5 Å². The Balaban J connectivity index is 2.13. The van der Waals surface area contributed by atoms with Gasteiger partial charge in [0.2, 0.25) is 10.0 Å². The highest BCUT2D eigenvalue weighted by molar-refractivity contribution is 7.89. The van der Waals surface area contributed by atoms with Crippen LogP contribution in [0.5, 0.6) is 0 Å². The molecule has 0 saturated carbocycles. The second kappa shape index (κ2) is 6.73. The highest BCUT2D eigenvalue weighted by Crippen LogP contribution is 2.23. The normalized spacial score (nSPS) is 21.9. The number of aliphatic hydroxyl groups excluding tert-OH is 1. The number of β-amino-alcohol motifs (C(OH)–C–C–N with tert-alkyl or cyclic N) is 1. The lowest BCUT2D eigenvalue weighted by molar-refractivity contribution is 0.0754. The third kappa shape index (κ3) is 3.73. The molecule has 2 heterocycles. The van der Waals surface area contributed by atoms with Gasteiger partial charge in [-0.15, -0.1) is 0 Å². The Morgan fingerprint density at radius 1 is 1.46 bits per heavy atom. The molecule has 1 aliphatic heterocycles. The first kappa shape index (κ1) is 18.7. The molecule has 0 aromatic carbocycles. The van der Waals surface area contributed by atoms with E-state index in [0.717, 1.165) is 15.1 Å². The number of carbonyl (C=O) groups excluding carboxylic acids is 1. The number of nitrogens with zero attached hydrogens (tertiary/aromatic N) is 4. The molecule has 1 fully saturated rings. The molecule has 0 radical (unpaired) electrons. The van der Waals surface area contributed by atoms with Crippen LogP contribution in [0, 0.1) is 5.92 Å². The number of halogens is 2. The summed E-state index contributed by atoms with van der Waals surface area (Å²) < 4.78 is 51.3. The average molecular weight is 366 g/mol. The van der Waals surface area contributed by atoms with Crippen LogP contribution in [-0.4, -0.2) is 77.5 Å². The van der Waals surface area contributed by atoms with E-state index < -0.39 is 40.1 Å². The molecule has 1 N–H and O–H groups in total. The van der Waals surface area contributed by atoms with Crippen molar-refractivity contribution in [1.82, 2.24) is 19.0 Å². The second-order valence-corrected chi connectivity index (χ2v) is 8.20. The Labute approximate surface area is 138 Å². The minimum atomic E-state index is -3.52. The Bertz CT molecular complexity index is 720. The Hall–Kier alpha value is -1.59. The number of alkyl halides is 2.